The Balaban J connectivity index is 1.48. The maximum absolute atomic E-state index is 8.90. The summed E-state index contributed by atoms with van der Waals surface area (Å²) in [5, 5.41) is 8.90. The lowest BCUT2D eigenvalue weighted by Gasteiger charge is -2.25. The third-order valence-corrected chi connectivity index (χ3v) is 5.73. The molecule has 3 nitrogen and oxygen atoms in total. The highest BCUT2D eigenvalue weighted by Crippen LogP contribution is 2.36. The second-order valence-corrected chi connectivity index (χ2v) is 7.88. The standard InChI is InChI=1S/C30H23BNO2/c33-31-34-30-20-18-29(19-21-30)32(27-12-5-2-6-13-27)28-16-14-24(15-17-28)26-11-7-10-25(22-26)23-8-3-1-4-9-23/h1-22,33H. The van der Waals surface area contributed by atoms with Crippen molar-refractivity contribution in [3.8, 4) is 28.0 Å². The van der Waals surface area contributed by atoms with Crippen LogP contribution in [-0.2, 0) is 0 Å². The van der Waals surface area contributed by atoms with Crippen molar-refractivity contribution in [2.45, 2.75) is 0 Å². The fraction of sp³-hybridized carbons (Fsp3) is 0. The lowest BCUT2D eigenvalue weighted by molar-refractivity contribution is 0.454. The van der Waals surface area contributed by atoms with Crippen LogP contribution in [0, 0.1) is 0 Å². The van der Waals surface area contributed by atoms with E-state index in [-0.39, 0.29) is 0 Å². The van der Waals surface area contributed by atoms with Crippen molar-refractivity contribution in [2.24, 2.45) is 0 Å². The summed E-state index contributed by atoms with van der Waals surface area (Å²) < 4.78 is 5.07. The molecule has 5 aromatic carbocycles. The Hall–Kier alpha value is -4.28. The van der Waals surface area contributed by atoms with Crippen molar-refractivity contribution in [3.05, 3.63) is 133 Å². The summed E-state index contributed by atoms with van der Waals surface area (Å²) in [6.45, 7) is 0. The molecule has 5 rings (SSSR count). The summed E-state index contributed by atoms with van der Waals surface area (Å²) in [5.41, 5.74) is 7.87. The van der Waals surface area contributed by atoms with E-state index in [2.05, 4.69) is 89.8 Å². The molecule has 34 heavy (non-hydrogen) atoms. The fourth-order valence-electron chi connectivity index (χ4n) is 4.07. The molecular weight excluding hydrogens is 417 g/mol. The number of hydrogen-bond acceptors (Lipinski definition) is 3. The average molecular weight is 440 g/mol. The molecule has 163 valence electrons. The van der Waals surface area contributed by atoms with Crippen molar-refractivity contribution < 1.29 is 9.68 Å². The number of benzene rings is 5. The molecule has 0 aliphatic heterocycles. The van der Waals surface area contributed by atoms with Gasteiger partial charge in [-0.1, -0.05) is 78.9 Å². The van der Waals surface area contributed by atoms with Crippen LogP contribution in [-0.4, -0.2) is 12.7 Å². The van der Waals surface area contributed by atoms with E-state index in [4.69, 9.17) is 9.68 Å². The average Bonchev–Trinajstić information content (AvgIpc) is 2.92. The van der Waals surface area contributed by atoms with Gasteiger partial charge in [-0.25, -0.2) is 0 Å². The quantitative estimate of drug-likeness (QED) is 0.268. The lowest BCUT2D eigenvalue weighted by Crippen LogP contribution is -2.09. The first kappa shape index (κ1) is 21.6. The Morgan fingerprint density at radius 3 is 1.53 bits per heavy atom. The molecule has 0 bridgehead atoms. The number of para-hydroxylation sites is 1. The van der Waals surface area contributed by atoms with Crippen molar-refractivity contribution >= 4 is 24.7 Å². The van der Waals surface area contributed by atoms with Crippen LogP contribution >= 0.6 is 0 Å². The monoisotopic (exact) mass is 440 g/mol. The van der Waals surface area contributed by atoms with Gasteiger partial charge in [-0.15, -0.1) is 0 Å². The maximum atomic E-state index is 8.90. The van der Waals surface area contributed by atoms with E-state index in [0.717, 1.165) is 22.6 Å². The van der Waals surface area contributed by atoms with Gasteiger partial charge in [0.25, 0.3) is 0 Å². The van der Waals surface area contributed by atoms with E-state index in [1.54, 1.807) is 0 Å². The largest absolute Gasteiger partial charge is 0.569 e. The molecule has 0 aliphatic carbocycles. The summed E-state index contributed by atoms with van der Waals surface area (Å²) in [5.74, 6) is 0.577. The van der Waals surface area contributed by atoms with Crippen LogP contribution in [0.15, 0.2) is 133 Å². The van der Waals surface area contributed by atoms with Crippen molar-refractivity contribution in [3.63, 3.8) is 0 Å². The third-order valence-electron chi connectivity index (χ3n) is 5.73. The molecule has 0 aliphatic rings. The Morgan fingerprint density at radius 1 is 0.471 bits per heavy atom. The highest BCUT2D eigenvalue weighted by molar-refractivity contribution is 6.17. The van der Waals surface area contributed by atoms with Crippen LogP contribution in [0.25, 0.3) is 22.3 Å². The van der Waals surface area contributed by atoms with E-state index < -0.39 is 0 Å². The van der Waals surface area contributed by atoms with Gasteiger partial charge in [0.05, 0.1) is 0 Å². The first-order chi connectivity index (χ1) is 16.8. The first-order valence-corrected chi connectivity index (χ1v) is 11.2. The first-order valence-electron chi connectivity index (χ1n) is 11.2. The van der Waals surface area contributed by atoms with Gasteiger partial charge in [0.15, 0.2) is 0 Å². The number of rotatable bonds is 7. The van der Waals surface area contributed by atoms with Gasteiger partial charge in [0.1, 0.15) is 5.75 Å². The third kappa shape index (κ3) is 4.73. The zero-order valence-electron chi connectivity index (χ0n) is 18.6. The molecule has 0 heterocycles. The zero-order valence-corrected chi connectivity index (χ0v) is 18.6. The SMILES string of the molecule is O[B]Oc1ccc(N(c2ccccc2)c2ccc(-c3cccc(-c4ccccc4)c3)cc2)cc1. The molecule has 1 N–H and O–H groups in total. The molecule has 0 aromatic heterocycles. The molecule has 0 amide bonds. The van der Waals surface area contributed by atoms with E-state index in [1.807, 2.05) is 48.5 Å². The summed E-state index contributed by atoms with van der Waals surface area (Å²) in [7, 11) is 0.690. The summed E-state index contributed by atoms with van der Waals surface area (Å²) in [6, 6.07) is 45.5. The van der Waals surface area contributed by atoms with Crippen LogP contribution in [0.2, 0.25) is 0 Å². The van der Waals surface area contributed by atoms with Gasteiger partial charge in [-0.3, -0.25) is 0 Å². The maximum Gasteiger partial charge on any atom is 0.569 e. The molecule has 0 saturated heterocycles. The van der Waals surface area contributed by atoms with Crippen molar-refractivity contribution in [1.82, 2.24) is 0 Å². The minimum Gasteiger partial charge on any atom is -0.537 e. The zero-order chi connectivity index (χ0) is 23.2. The van der Waals surface area contributed by atoms with Crippen LogP contribution in [0.5, 0.6) is 5.75 Å². The van der Waals surface area contributed by atoms with Crippen molar-refractivity contribution in [2.75, 3.05) is 4.90 Å². The topological polar surface area (TPSA) is 32.7 Å². The molecule has 1 radical (unpaired) electrons. The highest BCUT2D eigenvalue weighted by atomic mass is 16.5. The predicted molar refractivity (Wildman–Crippen MR) is 141 cm³/mol. The molecule has 0 unspecified atom stereocenters. The summed E-state index contributed by atoms with van der Waals surface area (Å²) in [4.78, 5) is 2.19. The van der Waals surface area contributed by atoms with Gasteiger partial charge in [0.2, 0.25) is 0 Å². The van der Waals surface area contributed by atoms with Crippen LogP contribution in [0.3, 0.4) is 0 Å². The molecule has 0 fully saturated rings. The number of hydrogen-bond donors (Lipinski definition) is 1. The van der Waals surface area contributed by atoms with Crippen LogP contribution in [0.1, 0.15) is 0 Å². The van der Waals surface area contributed by atoms with E-state index in [9.17, 15) is 0 Å². The van der Waals surface area contributed by atoms with Gasteiger partial charge >= 0.3 is 7.69 Å². The molecule has 0 saturated carbocycles. The van der Waals surface area contributed by atoms with E-state index in [0.29, 0.717) is 13.4 Å². The normalized spacial score (nSPS) is 10.5. The fourth-order valence-corrected chi connectivity index (χ4v) is 4.07. The van der Waals surface area contributed by atoms with Gasteiger partial charge in [0, 0.05) is 17.1 Å². The summed E-state index contributed by atoms with van der Waals surface area (Å²) in [6.07, 6.45) is 0. The van der Waals surface area contributed by atoms with Gasteiger partial charge < -0.3 is 14.6 Å². The number of anilines is 3. The molecule has 0 spiro atoms. The smallest absolute Gasteiger partial charge is 0.537 e. The van der Waals surface area contributed by atoms with Gasteiger partial charge in [-0.2, -0.15) is 0 Å². The minimum atomic E-state index is 0.577. The molecule has 0 atom stereocenters. The van der Waals surface area contributed by atoms with Crippen LogP contribution < -0.4 is 9.55 Å². The van der Waals surface area contributed by atoms with Crippen LogP contribution in [0.4, 0.5) is 17.1 Å². The van der Waals surface area contributed by atoms with Crippen molar-refractivity contribution in [1.29, 1.82) is 0 Å². The predicted octanol–water partition coefficient (Wildman–Crippen LogP) is 7.40. The Morgan fingerprint density at radius 2 is 0.941 bits per heavy atom. The summed E-state index contributed by atoms with van der Waals surface area (Å²) >= 11 is 0. The van der Waals surface area contributed by atoms with E-state index in [1.165, 1.54) is 16.7 Å². The Bertz CT molecular complexity index is 1340. The second-order valence-electron chi connectivity index (χ2n) is 7.88. The molecular formula is C30H23BNO2. The molecule has 5 aromatic rings. The second kappa shape index (κ2) is 10.1. The Labute approximate surface area is 200 Å². The highest BCUT2D eigenvalue weighted by Gasteiger charge is 2.13. The lowest BCUT2D eigenvalue weighted by atomic mass is 9.99. The Kier molecular flexibility index (Phi) is 6.41. The minimum absolute atomic E-state index is 0.577. The van der Waals surface area contributed by atoms with Gasteiger partial charge in [-0.05, 0) is 76.9 Å². The number of nitrogens with zero attached hydrogens (tertiary/aromatic N) is 1. The molecule has 4 heteroatoms. The van der Waals surface area contributed by atoms with E-state index >= 15 is 0 Å².